The summed E-state index contributed by atoms with van der Waals surface area (Å²) in [6.45, 7) is 1.94. The third-order valence-electron chi connectivity index (χ3n) is 1.44. The zero-order chi connectivity index (χ0) is 8.27. The Morgan fingerprint density at radius 1 is 1.45 bits per heavy atom. The second-order valence-electron chi connectivity index (χ2n) is 2.14. The molecule has 0 amide bonds. The first-order chi connectivity index (χ1) is 5.27. The fourth-order valence-corrected chi connectivity index (χ4v) is 1.29. The number of methoxy groups -OCH3 is 1. The lowest BCUT2D eigenvalue weighted by molar-refractivity contribution is 0.408. The smallest absolute Gasteiger partial charge is 0.140 e. The van der Waals surface area contributed by atoms with E-state index in [4.69, 9.17) is 4.74 Å². The van der Waals surface area contributed by atoms with Crippen molar-refractivity contribution in [2.45, 2.75) is 11.9 Å². The molecule has 0 aromatic carbocycles. The maximum Gasteiger partial charge on any atom is 0.140 e. The van der Waals surface area contributed by atoms with Crippen LogP contribution in [-0.2, 0) is 0 Å². The Labute approximate surface area is 71.0 Å². The fourth-order valence-electron chi connectivity index (χ4n) is 0.855. The highest BCUT2D eigenvalue weighted by Crippen LogP contribution is 2.19. The molecule has 60 valence electrons. The lowest BCUT2D eigenvalue weighted by Crippen LogP contribution is -1.90. The van der Waals surface area contributed by atoms with Crippen LogP contribution in [0, 0.1) is 6.92 Å². The summed E-state index contributed by atoms with van der Waals surface area (Å²) in [5.41, 5.74) is 0.944. The fraction of sp³-hybridized carbons (Fsp3) is 0.375. The molecule has 0 aliphatic carbocycles. The number of nitrogens with zero attached hydrogens (tertiary/aromatic N) is 1. The van der Waals surface area contributed by atoms with Crippen molar-refractivity contribution >= 4 is 11.8 Å². The Kier molecular flexibility index (Phi) is 2.76. The summed E-state index contributed by atoms with van der Waals surface area (Å²) in [6, 6.07) is 3.89. The Morgan fingerprint density at radius 3 is 2.64 bits per heavy atom. The van der Waals surface area contributed by atoms with E-state index in [0.717, 1.165) is 16.5 Å². The Morgan fingerprint density at radius 2 is 2.18 bits per heavy atom. The van der Waals surface area contributed by atoms with Crippen LogP contribution in [-0.4, -0.2) is 18.3 Å². The standard InChI is InChI=1S/C8H11NOS/c1-6-7(10-2)4-5-8(9-6)11-3/h4-5H,1-3H3. The topological polar surface area (TPSA) is 22.1 Å². The molecule has 0 saturated carbocycles. The minimum atomic E-state index is 0.850. The summed E-state index contributed by atoms with van der Waals surface area (Å²) in [5.74, 6) is 0.850. The minimum Gasteiger partial charge on any atom is -0.495 e. The second kappa shape index (κ2) is 3.62. The van der Waals surface area contributed by atoms with Crippen molar-refractivity contribution in [3.63, 3.8) is 0 Å². The van der Waals surface area contributed by atoms with Gasteiger partial charge in [-0.2, -0.15) is 0 Å². The molecule has 0 fully saturated rings. The van der Waals surface area contributed by atoms with Crippen LogP contribution < -0.4 is 4.74 Å². The highest BCUT2D eigenvalue weighted by atomic mass is 32.2. The van der Waals surface area contributed by atoms with Gasteiger partial charge in [-0.25, -0.2) is 4.98 Å². The van der Waals surface area contributed by atoms with Crippen molar-refractivity contribution in [1.29, 1.82) is 0 Å². The quantitative estimate of drug-likeness (QED) is 0.633. The summed E-state index contributed by atoms with van der Waals surface area (Å²) < 4.78 is 5.07. The number of pyridine rings is 1. The van der Waals surface area contributed by atoms with Crippen LogP contribution in [0.2, 0.25) is 0 Å². The molecule has 0 radical (unpaired) electrons. The van der Waals surface area contributed by atoms with Gasteiger partial charge in [-0.15, -0.1) is 11.8 Å². The lowest BCUT2D eigenvalue weighted by Gasteiger charge is -2.03. The van der Waals surface area contributed by atoms with Crippen molar-refractivity contribution < 1.29 is 4.74 Å². The van der Waals surface area contributed by atoms with Gasteiger partial charge in [0, 0.05) is 0 Å². The Hall–Kier alpha value is -0.700. The molecule has 0 spiro atoms. The number of hydrogen-bond donors (Lipinski definition) is 0. The van der Waals surface area contributed by atoms with Crippen molar-refractivity contribution in [2.24, 2.45) is 0 Å². The maximum atomic E-state index is 5.07. The molecular formula is C8H11NOS. The van der Waals surface area contributed by atoms with E-state index >= 15 is 0 Å². The molecule has 1 aromatic heterocycles. The van der Waals surface area contributed by atoms with E-state index in [9.17, 15) is 0 Å². The van der Waals surface area contributed by atoms with Crippen LogP contribution in [0.4, 0.5) is 0 Å². The van der Waals surface area contributed by atoms with Crippen molar-refractivity contribution in [3.05, 3.63) is 17.8 Å². The maximum absolute atomic E-state index is 5.07. The molecule has 0 N–H and O–H groups in total. The number of hydrogen-bond acceptors (Lipinski definition) is 3. The molecule has 0 atom stereocenters. The average molecular weight is 169 g/mol. The van der Waals surface area contributed by atoms with Crippen LogP contribution in [0.25, 0.3) is 0 Å². The van der Waals surface area contributed by atoms with E-state index < -0.39 is 0 Å². The summed E-state index contributed by atoms with van der Waals surface area (Å²) >= 11 is 1.64. The molecule has 3 heteroatoms. The monoisotopic (exact) mass is 169 g/mol. The minimum absolute atomic E-state index is 0.850. The van der Waals surface area contributed by atoms with E-state index in [0.29, 0.717) is 0 Å². The van der Waals surface area contributed by atoms with Gasteiger partial charge in [0.25, 0.3) is 0 Å². The zero-order valence-electron chi connectivity index (χ0n) is 6.92. The van der Waals surface area contributed by atoms with Gasteiger partial charge in [0.1, 0.15) is 5.75 Å². The lowest BCUT2D eigenvalue weighted by atomic mass is 10.3. The highest BCUT2D eigenvalue weighted by Gasteiger charge is 1.99. The van der Waals surface area contributed by atoms with Crippen molar-refractivity contribution in [3.8, 4) is 5.75 Å². The number of aromatic nitrogens is 1. The molecule has 1 heterocycles. The van der Waals surface area contributed by atoms with Crippen LogP contribution in [0.1, 0.15) is 5.69 Å². The number of aryl methyl sites for hydroxylation is 1. The third kappa shape index (κ3) is 1.87. The van der Waals surface area contributed by atoms with E-state index in [1.54, 1.807) is 18.9 Å². The SMILES string of the molecule is COc1ccc(SC)nc1C. The van der Waals surface area contributed by atoms with Gasteiger partial charge in [0.05, 0.1) is 17.8 Å². The van der Waals surface area contributed by atoms with E-state index in [1.165, 1.54) is 0 Å². The molecule has 11 heavy (non-hydrogen) atoms. The molecule has 0 saturated heterocycles. The van der Waals surface area contributed by atoms with Gasteiger partial charge >= 0.3 is 0 Å². The molecule has 1 rings (SSSR count). The van der Waals surface area contributed by atoms with Crippen LogP contribution in [0.3, 0.4) is 0 Å². The molecule has 0 unspecified atom stereocenters. The van der Waals surface area contributed by atoms with Gasteiger partial charge in [0.2, 0.25) is 0 Å². The van der Waals surface area contributed by atoms with Crippen LogP contribution in [0.5, 0.6) is 5.75 Å². The normalized spacial score (nSPS) is 9.73. The molecule has 0 aliphatic heterocycles. The van der Waals surface area contributed by atoms with Gasteiger partial charge in [-0.1, -0.05) is 0 Å². The van der Waals surface area contributed by atoms with E-state index in [-0.39, 0.29) is 0 Å². The largest absolute Gasteiger partial charge is 0.495 e. The van der Waals surface area contributed by atoms with Gasteiger partial charge < -0.3 is 4.74 Å². The Bertz CT molecular complexity index is 250. The van der Waals surface area contributed by atoms with Crippen LogP contribution >= 0.6 is 11.8 Å². The summed E-state index contributed by atoms with van der Waals surface area (Å²) in [6.07, 6.45) is 2.01. The molecule has 2 nitrogen and oxygen atoms in total. The number of thioether (sulfide) groups is 1. The molecule has 0 bridgehead atoms. The predicted octanol–water partition coefficient (Wildman–Crippen LogP) is 2.12. The van der Waals surface area contributed by atoms with Crippen molar-refractivity contribution in [2.75, 3.05) is 13.4 Å². The Balaban J connectivity index is 2.99. The van der Waals surface area contributed by atoms with E-state index in [1.807, 2.05) is 25.3 Å². The summed E-state index contributed by atoms with van der Waals surface area (Å²) in [7, 11) is 1.66. The average Bonchev–Trinajstić information content (AvgIpc) is 2.04. The summed E-state index contributed by atoms with van der Waals surface area (Å²) in [4.78, 5) is 4.30. The number of rotatable bonds is 2. The van der Waals surface area contributed by atoms with Crippen molar-refractivity contribution in [1.82, 2.24) is 4.98 Å². The van der Waals surface area contributed by atoms with Gasteiger partial charge in [-0.05, 0) is 25.3 Å². The second-order valence-corrected chi connectivity index (χ2v) is 2.97. The first kappa shape index (κ1) is 8.40. The molecular weight excluding hydrogens is 158 g/mol. The molecule has 1 aromatic rings. The first-order valence-electron chi connectivity index (χ1n) is 3.33. The van der Waals surface area contributed by atoms with E-state index in [2.05, 4.69) is 4.98 Å². The zero-order valence-corrected chi connectivity index (χ0v) is 7.73. The first-order valence-corrected chi connectivity index (χ1v) is 4.56. The summed E-state index contributed by atoms with van der Waals surface area (Å²) in [5, 5.41) is 1.03. The number of ether oxygens (including phenoxy) is 1. The van der Waals surface area contributed by atoms with Crippen LogP contribution in [0.15, 0.2) is 17.2 Å². The van der Waals surface area contributed by atoms with Gasteiger partial charge in [0.15, 0.2) is 0 Å². The van der Waals surface area contributed by atoms with Gasteiger partial charge in [-0.3, -0.25) is 0 Å². The predicted molar refractivity (Wildman–Crippen MR) is 47.3 cm³/mol. The molecule has 0 aliphatic rings. The highest BCUT2D eigenvalue weighted by molar-refractivity contribution is 7.98. The third-order valence-corrected chi connectivity index (χ3v) is 2.09.